The van der Waals surface area contributed by atoms with Crippen molar-refractivity contribution in [2.45, 2.75) is 0 Å². The van der Waals surface area contributed by atoms with Crippen LogP contribution in [0.1, 0.15) is 0 Å². The lowest BCUT2D eigenvalue weighted by molar-refractivity contribution is 0.598. The quantitative estimate of drug-likeness (QED) is 0.413. The molecule has 0 amide bonds. The van der Waals surface area contributed by atoms with Crippen LogP contribution in [0.5, 0.6) is 0 Å². The smallest absolute Gasteiger partial charge is 0.176 e. The third-order valence-corrected chi connectivity index (χ3v) is 5.76. The Balaban J connectivity index is 1.89. The molecule has 0 bridgehead atoms. The van der Waals surface area contributed by atoms with Crippen molar-refractivity contribution in [3.63, 3.8) is 0 Å². The summed E-state index contributed by atoms with van der Waals surface area (Å²) in [6, 6.07) is 4.94. The molecule has 3 heterocycles. The maximum absolute atomic E-state index is 14.5. The summed E-state index contributed by atoms with van der Waals surface area (Å²) in [4.78, 5) is 9.04. The molecule has 0 saturated heterocycles. The van der Waals surface area contributed by atoms with Crippen LogP contribution in [0.4, 0.5) is 20.2 Å². The van der Waals surface area contributed by atoms with Crippen LogP contribution in [0.25, 0.3) is 20.4 Å². The lowest BCUT2D eigenvalue weighted by atomic mass is 10.2. The number of hydrogen-bond acceptors (Lipinski definition) is 5. The molecule has 0 unspecified atom stereocenters. The molecule has 0 atom stereocenters. The van der Waals surface area contributed by atoms with Crippen molar-refractivity contribution in [2.75, 3.05) is 5.32 Å². The predicted molar refractivity (Wildman–Crippen MR) is 95.2 cm³/mol. The van der Waals surface area contributed by atoms with Gasteiger partial charge in [0.15, 0.2) is 11.6 Å². The van der Waals surface area contributed by atoms with Crippen LogP contribution in [0.3, 0.4) is 0 Å². The zero-order valence-corrected chi connectivity index (χ0v) is 14.5. The van der Waals surface area contributed by atoms with E-state index in [1.165, 1.54) is 34.3 Å². The molecule has 0 aliphatic carbocycles. The number of thiazole rings is 1. The Morgan fingerprint density at radius 2 is 2.05 bits per heavy atom. The van der Waals surface area contributed by atoms with Gasteiger partial charge in [-0.25, -0.2) is 18.7 Å². The number of hydrogen-bond donors (Lipinski definition) is 1. The maximum Gasteiger partial charge on any atom is 0.176 e. The number of halogens is 3. The van der Waals surface area contributed by atoms with E-state index in [0.717, 1.165) is 13.1 Å². The van der Waals surface area contributed by atoms with Crippen LogP contribution in [0.15, 0.2) is 29.9 Å². The first kappa shape index (κ1) is 14.2. The molecule has 0 aliphatic rings. The molecular formula is C14H6F2IN3S2. The molecule has 3 nitrogen and oxygen atoms in total. The SMILES string of the molecule is Fc1cc2scnc2c(F)c1Nc1ccnc2sc(I)cc12. The van der Waals surface area contributed by atoms with E-state index in [4.69, 9.17) is 0 Å². The van der Waals surface area contributed by atoms with E-state index in [-0.39, 0.29) is 11.2 Å². The average Bonchev–Trinajstić information content (AvgIpc) is 3.09. The third kappa shape index (κ3) is 2.25. The molecule has 8 heteroatoms. The van der Waals surface area contributed by atoms with Crippen molar-refractivity contribution in [1.82, 2.24) is 9.97 Å². The highest BCUT2D eigenvalue weighted by Crippen LogP contribution is 2.35. The lowest BCUT2D eigenvalue weighted by Gasteiger charge is -2.10. The van der Waals surface area contributed by atoms with Gasteiger partial charge in [0.2, 0.25) is 0 Å². The van der Waals surface area contributed by atoms with E-state index in [0.29, 0.717) is 10.4 Å². The first-order valence-corrected chi connectivity index (χ1v) is 8.93. The summed E-state index contributed by atoms with van der Waals surface area (Å²) in [6.07, 6.45) is 1.62. The van der Waals surface area contributed by atoms with E-state index in [2.05, 4.69) is 37.9 Å². The van der Waals surface area contributed by atoms with Gasteiger partial charge < -0.3 is 5.32 Å². The number of anilines is 2. The van der Waals surface area contributed by atoms with Gasteiger partial charge in [-0.15, -0.1) is 22.7 Å². The largest absolute Gasteiger partial charge is 0.350 e. The normalized spacial score (nSPS) is 11.4. The molecule has 0 radical (unpaired) electrons. The van der Waals surface area contributed by atoms with Gasteiger partial charge in [-0.1, -0.05) is 0 Å². The second kappa shape index (κ2) is 5.36. The topological polar surface area (TPSA) is 37.8 Å². The summed E-state index contributed by atoms with van der Waals surface area (Å²) < 4.78 is 30.2. The Labute approximate surface area is 145 Å². The molecule has 0 saturated carbocycles. The minimum Gasteiger partial charge on any atom is -0.350 e. The van der Waals surface area contributed by atoms with Gasteiger partial charge in [0, 0.05) is 11.6 Å². The number of nitrogens with zero attached hydrogens (tertiary/aromatic N) is 2. The Kier molecular flexibility index (Phi) is 3.46. The van der Waals surface area contributed by atoms with Crippen LogP contribution in [0, 0.1) is 14.5 Å². The number of fused-ring (bicyclic) bond motifs is 2. The number of aromatic nitrogens is 2. The second-order valence-corrected chi connectivity index (χ2v) is 8.31. The minimum atomic E-state index is -0.675. The van der Waals surface area contributed by atoms with Gasteiger partial charge in [0.1, 0.15) is 16.0 Å². The van der Waals surface area contributed by atoms with Crippen LogP contribution < -0.4 is 5.32 Å². The number of rotatable bonds is 2. The van der Waals surface area contributed by atoms with Crippen LogP contribution in [-0.2, 0) is 0 Å². The number of benzene rings is 1. The molecule has 1 aromatic carbocycles. The first-order valence-electron chi connectivity index (χ1n) is 6.16. The zero-order valence-electron chi connectivity index (χ0n) is 10.7. The van der Waals surface area contributed by atoms with Gasteiger partial charge in [-0.3, -0.25) is 0 Å². The van der Waals surface area contributed by atoms with Crippen molar-refractivity contribution in [3.8, 4) is 0 Å². The molecule has 0 aliphatic heterocycles. The molecule has 0 fully saturated rings. The molecule has 4 aromatic rings. The lowest BCUT2D eigenvalue weighted by Crippen LogP contribution is -1.99. The van der Waals surface area contributed by atoms with Gasteiger partial charge in [0.25, 0.3) is 0 Å². The van der Waals surface area contributed by atoms with Crippen molar-refractivity contribution in [3.05, 3.63) is 44.4 Å². The summed E-state index contributed by atoms with van der Waals surface area (Å²) in [5, 5.41) is 3.70. The highest BCUT2D eigenvalue weighted by atomic mass is 127. The van der Waals surface area contributed by atoms with Crippen molar-refractivity contribution >= 4 is 77.1 Å². The highest BCUT2D eigenvalue weighted by molar-refractivity contribution is 14.1. The van der Waals surface area contributed by atoms with Crippen LogP contribution >= 0.6 is 45.3 Å². The second-order valence-electron chi connectivity index (χ2n) is 4.50. The van der Waals surface area contributed by atoms with Crippen molar-refractivity contribution in [2.24, 2.45) is 0 Å². The Morgan fingerprint density at radius 3 is 2.91 bits per heavy atom. The fraction of sp³-hybridized carbons (Fsp3) is 0. The zero-order chi connectivity index (χ0) is 15.3. The van der Waals surface area contributed by atoms with Crippen LogP contribution in [-0.4, -0.2) is 9.97 Å². The van der Waals surface area contributed by atoms with Crippen molar-refractivity contribution in [1.29, 1.82) is 0 Å². The van der Waals surface area contributed by atoms with E-state index in [1.807, 2.05) is 6.07 Å². The summed E-state index contributed by atoms with van der Waals surface area (Å²) in [7, 11) is 0. The number of thiophene rings is 1. The van der Waals surface area contributed by atoms with E-state index in [9.17, 15) is 8.78 Å². The highest BCUT2D eigenvalue weighted by Gasteiger charge is 2.17. The first-order chi connectivity index (χ1) is 10.6. The fourth-order valence-electron chi connectivity index (χ4n) is 2.20. The number of pyridine rings is 1. The Bertz CT molecular complexity index is 1010. The van der Waals surface area contributed by atoms with Gasteiger partial charge >= 0.3 is 0 Å². The molecule has 1 N–H and O–H groups in total. The summed E-state index contributed by atoms with van der Waals surface area (Å²) >= 11 is 4.93. The predicted octanol–water partition coefficient (Wildman–Crippen LogP) is 5.53. The summed E-state index contributed by atoms with van der Waals surface area (Å²) in [5.41, 5.74) is 2.12. The van der Waals surface area contributed by atoms with Gasteiger partial charge in [-0.2, -0.15) is 0 Å². The molecule has 4 rings (SSSR count). The van der Waals surface area contributed by atoms with E-state index < -0.39 is 11.6 Å². The molecule has 110 valence electrons. The molecular weight excluding hydrogens is 439 g/mol. The maximum atomic E-state index is 14.5. The van der Waals surface area contributed by atoms with Gasteiger partial charge in [-0.05, 0) is 40.8 Å². The molecule has 0 spiro atoms. The van der Waals surface area contributed by atoms with Crippen molar-refractivity contribution < 1.29 is 8.78 Å². The van der Waals surface area contributed by atoms with E-state index in [1.54, 1.807) is 12.3 Å². The standard InChI is InChI=1S/C14H6F2IN3S2/c15-7-4-9-13(19-5-21-9)11(16)12(7)20-8-1-2-18-14-6(8)3-10(17)22-14/h1-5H,(H,18,20). The number of nitrogens with one attached hydrogen (secondary N) is 1. The minimum absolute atomic E-state index is 0.180. The van der Waals surface area contributed by atoms with Gasteiger partial charge in [0.05, 0.1) is 18.8 Å². The third-order valence-electron chi connectivity index (χ3n) is 3.18. The summed E-state index contributed by atoms with van der Waals surface area (Å²) in [5.74, 6) is -1.31. The Hall–Kier alpha value is -1.39. The fourth-order valence-corrected chi connectivity index (χ4v) is 4.59. The molecule has 3 aromatic heterocycles. The Morgan fingerprint density at radius 1 is 1.18 bits per heavy atom. The monoisotopic (exact) mass is 445 g/mol. The van der Waals surface area contributed by atoms with Crippen LogP contribution in [0.2, 0.25) is 0 Å². The summed E-state index contributed by atoms with van der Waals surface area (Å²) in [6.45, 7) is 0. The average molecular weight is 445 g/mol. The van der Waals surface area contributed by atoms with E-state index >= 15 is 0 Å². The molecule has 22 heavy (non-hydrogen) atoms.